The Bertz CT molecular complexity index is 415. The van der Waals surface area contributed by atoms with Gasteiger partial charge in [-0.1, -0.05) is 6.07 Å². The summed E-state index contributed by atoms with van der Waals surface area (Å²) in [5.41, 5.74) is 2.83. The van der Waals surface area contributed by atoms with E-state index in [1.165, 1.54) is 4.90 Å². The number of amides is 1. The molecule has 0 aromatic heterocycles. The Morgan fingerprint density at radius 1 is 1.41 bits per heavy atom. The molecule has 0 radical (unpaired) electrons. The van der Waals surface area contributed by atoms with E-state index in [0.717, 1.165) is 16.8 Å². The highest BCUT2D eigenvalue weighted by molar-refractivity contribution is 5.95. The van der Waals surface area contributed by atoms with Crippen LogP contribution in [0.2, 0.25) is 0 Å². The summed E-state index contributed by atoms with van der Waals surface area (Å²) in [4.78, 5) is 13.3. The fourth-order valence-corrected chi connectivity index (χ4v) is 1.89. The summed E-state index contributed by atoms with van der Waals surface area (Å²) in [7, 11) is 3.28. The van der Waals surface area contributed by atoms with E-state index in [1.54, 1.807) is 14.2 Å². The van der Waals surface area contributed by atoms with Crippen LogP contribution in [-0.4, -0.2) is 31.8 Å². The minimum absolute atomic E-state index is 0.118. The molecule has 0 spiro atoms. The molecule has 1 aromatic rings. The summed E-state index contributed by atoms with van der Waals surface area (Å²) in [5.74, 6) is 0.550. The van der Waals surface area contributed by atoms with Crippen molar-refractivity contribution in [2.45, 2.75) is 20.3 Å². The zero-order chi connectivity index (χ0) is 13.0. The third kappa shape index (κ3) is 2.97. The van der Waals surface area contributed by atoms with Crippen LogP contribution >= 0.6 is 0 Å². The first-order valence-corrected chi connectivity index (χ1v) is 5.54. The summed E-state index contributed by atoms with van der Waals surface area (Å²) in [6, 6.07) is 3.89. The Morgan fingerprint density at radius 3 is 2.59 bits per heavy atom. The van der Waals surface area contributed by atoms with Crippen molar-refractivity contribution in [1.82, 2.24) is 0 Å². The second kappa shape index (κ2) is 5.68. The molecule has 1 aromatic carbocycles. The van der Waals surface area contributed by atoms with Crippen molar-refractivity contribution in [2.24, 2.45) is 0 Å². The van der Waals surface area contributed by atoms with Crippen molar-refractivity contribution in [2.75, 3.05) is 25.7 Å². The third-order valence-electron chi connectivity index (χ3n) is 2.66. The number of carbonyl (C=O) groups is 1. The lowest BCUT2D eigenvalue weighted by Crippen LogP contribution is -2.28. The van der Waals surface area contributed by atoms with Gasteiger partial charge >= 0.3 is 0 Å². The van der Waals surface area contributed by atoms with Crippen molar-refractivity contribution in [1.29, 1.82) is 0 Å². The standard InChI is InChI=1S/C13H19NO3/c1-9-7-10(2)13(11(8-9)17-4)14(3)12(16)5-6-15/h7-8,15H,5-6H2,1-4H3. The van der Waals surface area contributed by atoms with E-state index in [-0.39, 0.29) is 18.9 Å². The molecular weight excluding hydrogens is 218 g/mol. The molecule has 0 bridgehead atoms. The quantitative estimate of drug-likeness (QED) is 0.866. The number of methoxy groups -OCH3 is 1. The van der Waals surface area contributed by atoms with Crippen molar-refractivity contribution < 1.29 is 14.6 Å². The molecule has 1 rings (SSSR count). The molecule has 0 aliphatic carbocycles. The van der Waals surface area contributed by atoms with Crippen LogP contribution < -0.4 is 9.64 Å². The molecule has 0 atom stereocenters. The van der Waals surface area contributed by atoms with Crippen molar-refractivity contribution in [3.8, 4) is 5.75 Å². The molecule has 1 N–H and O–H groups in total. The smallest absolute Gasteiger partial charge is 0.229 e. The van der Waals surface area contributed by atoms with Gasteiger partial charge in [-0.25, -0.2) is 0 Å². The second-order valence-electron chi connectivity index (χ2n) is 4.06. The van der Waals surface area contributed by atoms with Gasteiger partial charge in [0, 0.05) is 7.05 Å². The van der Waals surface area contributed by atoms with E-state index in [9.17, 15) is 4.79 Å². The molecular formula is C13H19NO3. The van der Waals surface area contributed by atoms with Gasteiger partial charge in [0.1, 0.15) is 5.75 Å². The van der Waals surface area contributed by atoms with Gasteiger partial charge in [0.05, 0.1) is 25.8 Å². The lowest BCUT2D eigenvalue weighted by molar-refractivity contribution is -0.118. The first-order chi connectivity index (χ1) is 8.01. The van der Waals surface area contributed by atoms with Crippen LogP contribution in [0.15, 0.2) is 12.1 Å². The monoisotopic (exact) mass is 237 g/mol. The van der Waals surface area contributed by atoms with Crippen LogP contribution in [0.3, 0.4) is 0 Å². The minimum atomic E-state index is -0.142. The first-order valence-electron chi connectivity index (χ1n) is 5.54. The third-order valence-corrected chi connectivity index (χ3v) is 2.66. The molecule has 0 fully saturated rings. The average molecular weight is 237 g/mol. The van der Waals surface area contributed by atoms with Crippen LogP contribution in [-0.2, 0) is 4.79 Å². The predicted octanol–water partition coefficient (Wildman–Crippen LogP) is 1.66. The van der Waals surface area contributed by atoms with Crippen LogP contribution in [0, 0.1) is 13.8 Å². The van der Waals surface area contributed by atoms with E-state index >= 15 is 0 Å². The number of carbonyl (C=O) groups excluding carboxylic acids is 1. The van der Waals surface area contributed by atoms with Gasteiger partial charge in [0.25, 0.3) is 0 Å². The predicted molar refractivity (Wildman–Crippen MR) is 67.6 cm³/mol. The van der Waals surface area contributed by atoms with E-state index in [4.69, 9.17) is 9.84 Å². The molecule has 0 unspecified atom stereocenters. The number of aliphatic hydroxyl groups excluding tert-OH is 1. The molecule has 0 heterocycles. The number of anilines is 1. The molecule has 17 heavy (non-hydrogen) atoms. The van der Waals surface area contributed by atoms with Crippen LogP contribution in [0.5, 0.6) is 5.75 Å². The first kappa shape index (κ1) is 13.5. The normalized spacial score (nSPS) is 10.2. The minimum Gasteiger partial charge on any atom is -0.495 e. The largest absolute Gasteiger partial charge is 0.495 e. The lowest BCUT2D eigenvalue weighted by atomic mass is 10.1. The zero-order valence-corrected chi connectivity index (χ0v) is 10.8. The Labute approximate surface area is 102 Å². The van der Waals surface area contributed by atoms with Gasteiger partial charge in [-0.2, -0.15) is 0 Å². The SMILES string of the molecule is COc1cc(C)cc(C)c1N(C)C(=O)CCO. The van der Waals surface area contributed by atoms with Gasteiger partial charge in [0.15, 0.2) is 0 Å². The zero-order valence-electron chi connectivity index (χ0n) is 10.8. The van der Waals surface area contributed by atoms with Crippen LogP contribution in [0.4, 0.5) is 5.69 Å². The number of aryl methyl sites for hydroxylation is 2. The molecule has 1 amide bonds. The highest BCUT2D eigenvalue weighted by Gasteiger charge is 2.17. The van der Waals surface area contributed by atoms with E-state index in [2.05, 4.69) is 0 Å². The Kier molecular flexibility index (Phi) is 4.52. The maximum absolute atomic E-state index is 11.8. The fraction of sp³-hybridized carbons (Fsp3) is 0.462. The number of aliphatic hydroxyl groups is 1. The van der Waals surface area contributed by atoms with Crippen molar-refractivity contribution in [3.63, 3.8) is 0 Å². The maximum Gasteiger partial charge on any atom is 0.229 e. The Morgan fingerprint density at radius 2 is 2.06 bits per heavy atom. The molecule has 4 nitrogen and oxygen atoms in total. The number of rotatable bonds is 4. The van der Waals surface area contributed by atoms with Crippen LogP contribution in [0.25, 0.3) is 0 Å². The van der Waals surface area contributed by atoms with E-state index in [1.807, 2.05) is 26.0 Å². The molecule has 0 aliphatic heterocycles. The number of benzene rings is 1. The number of ether oxygens (including phenoxy) is 1. The van der Waals surface area contributed by atoms with Gasteiger partial charge < -0.3 is 14.7 Å². The molecule has 4 heteroatoms. The Hall–Kier alpha value is -1.55. The van der Waals surface area contributed by atoms with E-state index < -0.39 is 0 Å². The number of nitrogens with zero attached hydrogens (tertiary/aromatic N) is 1. The van der Waals surface area contributed by atoms with Crippen molar-refractivity contribution >= 4 is 11.6 Å². The van der Waals surface area contributed by atoms with E-state index in [0.29, 0.717) is 5.75 Å². The number of hydrogen-bond acceptors (Lipinski definition) is 3. The Balaban J connectivity index is 3.16. The summed E-state index contributed by atoms with van der Waals surface area (Å²) < 4.78 is 5.30. The summed E-state index contributed by atoms with van der Waals surface area (Å²) in [6.45, 7) is 3.78. The van der Waals surface area contributed by atoms with Gasteiger partial charge in [0.2, 0.25) is 5.91 Å². The summed E-state index contributed by atoms with van der Waals surface area (Å²) in [5, 5.41) is 8.79. The van der Waals surface area contributed by atoms with Crippen LogP contribution in [0.1, 0.15) is 17.5 Å². The number of hydrogen-bond donors (Lipinski definition) is 1. The van der Waals surface area contributed by atoms with Crippen molar-refractivity contribution in [3.05, 3.63) is 23.3 Å². The van der Waals surface area contributed by atoms with Gasteiger partial charge in [-0.3, -0.25) is 4.79 Å². The summed E-state index contributed by atoms with van der Waals surface area (Å²) in [6.07, 6.45) is 0.118. The maximum atomic E-state index is 11.8. The molecule has 0 saturated heterocycles. The molecule has 0 saturated carbocycles. The lowest BCUT2D eigenvalue weighted by Gasteiger charge is -2.22. The molecule has 94 valence electrons. The highest BCUT2D eigenvalue weighted by atomic mass is 16.5. The molecule has 0 aliphatic rings. The summed E-state index contributed by atoms with van der Waals surface area (Å²) >= 11 is 0. The second-order valence-corrected chi connectivity index (χ2v) is 4.06. The topological polar surface area (TPSA) is 49.8 Å². The highest BCUT2D eigenvalue weighted by Crippen LogP contribution is 2.32. The van der Waals surface area contributed by atoms with Gasteiger partial charge in [-0.15, -0.1) is 0 Å². The van der Waals surface area contributed by atoms with Gasteiger partial charge in [-0.05, 0) is 31.0 Å². The average Bonchev–Trinajstić information content (AvgIpc) is 2.27. The fourth-order valence-electron chi connectivity index (χ4n) is 1.89.